The minimum Gasteiger partial charge on any atom is -0.352 e. The van der Waals surface area contributed by atoms with Crippen molar-refractivity contribution < 1.29 is 4.79 Å². The Morgan fingerprint density at radius 1 is 1.20 bits per heavy atom. The molecule has 1 fully saturated rings. The number of thiazole rings is 1. The van der Waals surface area contributed by atoms with Gasteiger partial charge in [-0.15, -0.1) is 0 Å². The molecule has 1 aromatic heterocycles. The van der Waals surface area contributed by atoms with Gasteiger partial charge in [0.1, 0.15) is 0 Å². The summed E-state index contributed by atoms with van der Waals surface area (Å²) in [6, 6.07) is 8.30. The van der Waals surface area contributed by atoms with Crippen LogP contribution in [0.25, 0.3) is 0 Å². The Morgan fingerprint density at radius 2 is 1.92 bits per heavy atom. The third kappa shape index (κ3) is 4.80. The topological polar surface area (TPSA) is 54.3 Å². The highest BCUT2D eigenvalue weighted by Gasteiger charge is 2.14. The van der Waals surface area contributed by atoms with Crippen molar-refractivity contribution in [2.45, 2.75) is 45.8 Å². The summed E-state index contributed by atoms with van der Waals surface area (Å²) in [5, 5.41) is 4.82. The summed E-state index contributed by atoms with van der Waals surface area (Å²) in [7, 11) is 0. The fraction of sp³-hybridized carbons (Fsp3) is 0.474. The molecule has 134 valence electrons. The van der Waals surface area contributed by atoms with Crippen LogP contribution in [-0.4, -0.2) is 28.5 Å². The van der Waals surface area contributed by atoms with Gasteiger partial charge in [-0.3, -0.25) is 14.5 Å². The first-order chi connectivity index (χ1) is 12.1. The first-order valence-corrected chi connectivity index (χ1v) is 9.72. The highest BCUT2D eigenvalue weighted by atomic mass is 32.1. The lowest BCUT2D eigenvalue weighted by Crippen LogP contribution is -2.27. The van der Waals surface area contributed by atoms with Crippen LogP contribution in [0.4, 0.5) is 0 Å². The maximum Gasteiger partial charge on any atom is 0.307 e. The molecule has 1 aromatic carbocycles. The van der Waals surface area contributed by atoms with E-state index in [2.05, 4.69) is 28.4 Å². The van der Waals surface area contributed by atoms with Gasteiger partial charge in [0.2, 0.25) is 5.91 Å². The van der Waals surface area contributed by atoms with E-state index < -0.39 is 0 Å². The molecule has 5 nitrogen and oxygen atoms in total. The molecule has 2 aromatic rings. The van der Waals surface area contributed by atoms with Crippen LogP contribution in [0, 0.1) is 6.92 Å². The lowest BCUT2D eigenvalue weighted by atomic mass is 10.1. The number of nitrogens with one attached hydrogen (secondary N) is 1. The molecule has 0 saturated carbocycles. The zero-order valence-corrected chi connectivity index (χ0v) is 15.5. The average Bonchev–Trinajstić information content (AvgIpc) is 3.23. The molecule has 1 N–H and O–H groups in total. The van der Waals surface area contributed by atoms with E-state index in [4.69, 9.17) is 0 Å². The summed E-state index contributed by atoms with van der Waals surface area (Å²) in [5.74, 6) is -0.0199. The second kappa shape index (κ2) is 8.45. The summed E-state index contributed by atoms with van der Waals surface area (Å²) >= 11 is 1.18. The van der Waals surface area contributed by atoms with Crippen LogP contribution in [0.5, 0.6) is 0 Å². The van der Waals surface area contributed by atoms with E-state index >= 15 is 0 Å². The van der Waals surface area contributed by atoms with Crippen molar-refractivity contribution in [1.82, 2.24) is 14.8 Å². The van der Waals surface area contributed by atoms with Gasteiger partial charge in [-0.1, -0.05) is 35.6 Å². The third-order valence-electron chi connectivity index (χ3n) is 4.73. The number of hydrogen-bond acceptors (Lipinski definition) is 4. The maximum atomic E-state index is 12.2. The van der Waals surface area contributed by atoms with Crippen LogP contribution in [0.3, 0.4) is 0 Å². The second-order valence-corrected chi connectivity index (χ2v) is 7.39. The van der Waals surface area contributed by atoms with Gasteiger partial charge >= 0.3 is 4.87 Å². The zero-order valence-electron chi connectivity index (χ0n) is 14.7. The number of aromatic nitrogens is 1. The SMILES string of the molecule is Cc1csc(=O)n1CCC(=O)NCc1ccccc1CN1CCCC1. The van der Waals surface area contributed by atoms with Crippen LogP contribution in [0.1, 0.15) is 36.1 Å². The van der Waals surface area contributed by atoms with E-state index in [1.807, 2.05) is 18.4 Å². The van der Waals surface area contributed by atoms with Gasteiger partial charge in [0.05, 0.1) is 0 Å². The van der Waals surface area contributed by atoms with Crippen LogP contribution in [-0.2, 0) is 24.4 Å². The summed E-state index contributed by atoms with van der Waals surface area (Å²) < 4.78 is 1.66. The minimum atomic E-state index is -0.0199. The van der Waals surface area contributed by atoms with E-state index in [1.54, 1.807) is 4.57 Å². The number of benzene rings is 1. The Balaban J connectivity index is 1.52. The molecule has 0 radical (unpaired) electrons. The normalized spacial score (nSPS) is 14.8. The Bertz CT molecular complexity index is 775. The quantitative estimate of drug-likeness (QED) is 0.826. The lowest BCUT2D eigenvalue weighted by molar-refractivity contribution is -0.121. The lowest BCUT2D eigenvalue weighted by Gasteiger charge is -2.17. The molecule has 1 aliphatic rings. The molecule has 1 amide bonds. The van der Waals surface area contributed by atoms with Gasteiger partial charge in [0.25, 0.3) is 0 Å². The van der Waals surface area contributed by atoms with Crippen LogP contribution >= 0.6 is 11.3 Å². The fourth-order valence-corrected chi connectivity index (χ4v) is 4.00. The van der Waals surface area contributed by atoms with Crippen molar-refractivity contribution in [2.75, 3.05) is 13.1 Å². The van der Waals surface area contributed by atoms with Gasteiger partial charge in [0.15, 0.2) is 0 Å². The molecule has 1 saturated heterocycles. The number of nitrogens with zero attached hydrogens (tertiary/aromatic N) is 2. The van der Waals surface area contributed by atoms with E-state index in [9.17, 15) is 9.59 Å². The van der Waals surface area contributed by atoms with Crippen molar-refractivity contribution in [3.05, 3.63) is 56.1 Å². The van der Waals surface area contributed by atoms with Gasteiger partial charge in [0, 0.05) is 37.1 Å². The molecule has 2 heterocycles. The molecule has 6 heteroatoms. The van der Waals surface area contributed by atoms with E-state index in [0.717, 1.165) is 25.3 Å². The van der Waals surface area contributed by atoms with Gasteiger partial charge in [-0.25, -0.2) is 0 Å². The summed E-state index contributed by atoms with van der Waals surface area (Å²) in [5.41, 5.74) is 3.37. The number of rotatable bonds is 7. The van der Waals surface area contributed by atoms with Gasteiger partial charge in [-0.2, -0.15) is 0 Å². The Labute approximate surface area is 152 Å². The van der Waals surface area contributed by atoms with Crippen molar-refractivity contribution in [3.63, 3.8) is 0 Å². The second-order valence-electron chi connectivity index (χ2n) is 6.57. The van der Waals surface area contributed by atoms with Crippen molar-refractivity contribution >= 4 is 17.2 Å². The number of hydrogen-bond donors (Lipinski definition) is 1. The van der Waals surface area contributed by atoms with E-state index in [-0.39, 0.29) is 10.8 Å². The molecule has 0 aliphatic carbocycles. The summed E-state index contributed by atoms with van der Waals surface area (Å²) in [6.45, 7) is 6.15. The van der Waals surface area contributed by atoms with E-state index in [1.165, 1.54) is 35.3 Å². The number of likely N-dealkylation sites (tertiary alicyclic amines) is 1. The summed E-state index contributed by atoms with van der Waals surface area (Å²) in [6.07, 6.45) is 2.88. The number of aryl methyl sites for hydroxylation is 1. The standard InChI is InChI=1S/C19H25N3O2S/c1-15-14-25-19(24)22(15)11-8-18(23)20-12-16-6-2-3-7-17(16)13-21-9-4-5-10-21/h2-3,6-7,14H,4-5,8-13H2,1H3,(H,20,23). The number of carbonyl (C=O) groups excluding carboxylic acids is 1. The minimum absolute atomic E-state index is 0.00117. The molecular formula is C19H25N3O2S. The molecular weight excluding hydrogens is 334 g/mol. The zero-order chi connectivity index (χ0) is 17.6. The van der Waals surface area contributed by atoms with Crippen LogP contribution < -0.4 is 10.2 Å². The van der Waals surface area contributed by atoms with E-state index in [0.29, 0.717) is 19.5 Å². The Morgan fingerprint density at radius 3 is 2.60 bits per heavy atom. The Hall–Kier alpha value is -1.92. The molecule has 3 rings (SSSR count). The van der Waals surface area contributed by atoms with Gasteiger partial charge < -0.3 is 9.88 Å². The molecule has 0 spiro atoms. The van der Waals surface area contributed by atoms with Crippen molar-refractivity contribution in [2.24, 2.45) is 0 Å². The number of carbonyl (C=O) groups is 1. The predicted octanol–water partition coefficient (Wildman–Crippen LogP) is 2.52. The van der Waals surface area contributed by atoms with Crippen LogP contribution in [0.2, 0.25) is 0 Å². The fourth-order valence-electron chi connectivity index (χ4n) is 3.24. The van der Waals surface area contributed by atoms with Gasteiger partial charge in [-0.05, 0) is 44.0 Å². The highest BCUT2D eigenvalue weighted by Crippen LogP contribution is 2.16. The molecule has 25 heavy (non-hydrogen) atoms. The third-order valence-corrected chi connectivity index (χ3v) is 5.61. The highest BCUT2D eigenvalue weighted by molar-refractivity contribution is 7.07. The predicted molar refractivity (Wildman–Crippen MR) is 101 cm³/mol. The first kappa shape index (κ1) is 17.9. The molecule has 1 aliphatic heterocycles. The maximum absolute atomic E-state index is 12.2. The smallest absolute Gasteiger partial charge is 0.307 e. The Kier molecular flexibility index (Phi) is 6.04. The molecule has 0 atom stereocenters. The summed E-state index contributed by atoms with van der Waals surface area (Å²) in [4.78, 5) is 26.3. The van der Waals surface area contributed by atoms with Crippen molar-refractivity contribution in [3.8, 4) is 0 Å². The molecule has 0 bridgehead atoms. The largest absolute Gasteiger partial charge is 0.352 e. The number of amides is 1. The average molecular weight is 359 g/mol. The van der Waals surface area contributed by atoms with Crippen molar-refractivity contribution in [1.29, 1.82) is 0 Å². The molecule has 0 unspecified atom stereocenters. The van der Waals surface area contributed by atoms with Crippen LogP contribution in [0.15, 0.2) is 34.4 Å². The first-order valence-electron chi connectivity index (χ1n) is 8.84. The monoisotopic (exact) mass is 359 g/mol.